The molecule has 7 nitrogen and oxygen atoms in total. The minimum atomic E-state index is -1.73. The second-order valence-electron chi connectivity index (χ2n) is 6.38. The molecule has 1 fully saturated rings. The van der Waals surface area contributed by atoms with Crippen molar-refractivity contribution in [2.45, 2.75) is 34.0 Å². The van der Waals surface area contributed by atoms with Crippen LogP contribution in [-0.2, 0) is 23.9 Å². The Morgan fingerprint density at radius 3 is 2.59 bits per heavy atom. The number of hydrogen-bond donors (Lipinski definition) is 0. The first-order valence-electron chi connectivity index (χ1n) is 8.32. The molecule has 3 atom stereocenters. The molecule has 2 amide bonds. The van der Waals surface area contributed by atoms with Crippen LogP contribution in [-0.4, -0.2) is 56.5 Å². The highest BCUT2D eigenvalue weighted by Gasteiger charge is 2.68. The van der Waals surface area contributed by atoms with E-state index in [1.807, 2.05) is 0 Å². The first-order chi connectivity index (χ1) is 13.5. The molecule has 2 unspecified atom stereocenters. The Bertz CT molecular complexity index is 858. The predicted octanol–water partition coefficient (Wildman–Crippen LogP) is 3.54. The van der Waals surface area contributed by atoms with Gasteiger partial charge in [0.25, 0.3) is 11.6 Å². The Labute approximate surface area is 190 Å². The summed E-state index contributed by atoms with van der Waals surface area (Å²) in [4.78, 5) is 40.9. The number of carbonyl (C=O) groups is 3. The van der Waals surface area contributed by atoms with Crippen molar-refractivity contribution in [1.29, 1.82) is 0 Å². The van der Waals surface area contributed by atoms with Gasteiger partial charge in [0.05, 0.1) is 0 Å². The lowest BCUT2D eigenvalue weighted by Gasteiger charge is -2.58. The average molecular weight is 500 g/mol. The Hall–Kier alpha value is -0.970. The summed E-state index contributed by atoms with van der Waals surface area (Å²) in [7, 11) is 1.36. The molecule has 2 aliphatic heterocycles. The Morgan fingerprint density at radius 1 is 1.38 bits per heavy atom. The van der Waals surface area contributed by atoms with E-state index in [2.05, 4.69) is 0 Å². The summed E-state index contributed by atoms with van der Waals surface area (Å²) in [5.41, 5.74) is -0.976. The largest absolute Gasteiger partial charge is 0.460 e. The number of amides is 2. The maximum atomic E-state index is 13.1. The standard InChI is InChI=1S/C17H17Cl3N2O5S2/c1-9-7-21-14(25)17(26-3,22(10(2)23)11-5-4-6-28-11)15(21)29-12(9)13(24)27-8-16(18,19)20/h4-7,12,15H,8H2,1-3H3/t12?,15-,17?/m1/s1. The number of fused-ring (bicyclic) bond motifs is 1. The summed E-state index contributed by atoms with van der Waals surface area (Å²) in [6.45, 7) is 2.66. The van der Waals surface area contributed by atoms with Crippen LogP contribution in [0.5, 0.6) is 0 Å². The number of ether oxygens (including phenoxy) is 2. The van der Waals surface area contributed by atoms with Crippen LogP contribution < -0.4 is 4.90 Å². The highest BCUT2D eigenvalue weighted by molar-refractivity contribution is 8.01. The van der Waals surface area contributed by atoms with Gasteiger partial charge in [-0.3, -0.25) is 24.2 Å². The molecule has 3 heterocycles. The van der Waals surface area contributed by atoms with Gasteiger partial charge in [-0.25, -0.2) is 0 Å². The molecule has 3 rings (SSSR count). The van der Waals surface area contributed by atoms with E-state index in [0.717, 1.165) is 11.8 Å². The molecule has 29 heavy (non-hydrogen) atoms. The zero-order valence-electron chi connectivity index (χ0n) is 15.6. The molecular weight excluding hydrogens is 483 g/mol. The highest BCUT2D eigenvalue weighted by Crippen LogP contribution is 2.51. The van der Waals surface area contributed by atoms with E-state index in [1.165, 1.54) is 35.2 Å². The van der Waals surface area contributed by atoms with E-state index in [9.17, 15) is 14.4 Å². The molecule has 0 spiro atoms. The van der Waals surface area contributed by atoms with Crippen LogP contribution in [0.15, 0.2) is 29.3 Å². The number of thioether (sulfide) groups is 1. The van der Waals surface area contributed by atoms with Gasteiger partial charge >= 0.3 is 5.97 Å². The second-order valence-corrected chi connectivity index (χ2v) is 11.0. The molecule has 158 valence electrons. The summed E-state index contributed by atoms with van der Waals surface area (Å²) in [6.07, 6.45) is 1.56. The quantitative estimate of drug-likeness (QED) is 0.267. The van der Waals surface area contributed by atoms with Crippen LogP contribution in [0.2, 0.25) is 0 Å². The number of rotatable bonds is 5. The lowest BCUT2D eigenvalue weighted by atomic mass is 9.98. The number of thiophene rings is 1. The predicted molar refractivity (Wildman–Crippen MR) is 114 cm³/mol. The Kier molecular flexibility index (Phi) is 6.48. The number of methoxy groups -OCH3 is 1. The van der Waals surface area contributed by atoms with Gasteiger partial charge in [-0.1, -0.05) is 34.8 Å². The number of alkyl halides is 3. The molecule has 0 aromatic carbocycles. The SMILES string of the molecule is COC1(N(C(C)=O)c2cccs2)C(=O)N2C=C(C)C(C(=O)OCC(Cl)(Cl)Cl)S[C@@H]21. The highest BCUT2D eigenvalue weighted by atomic mass is 35.6. The van der Waals surface area contributed by atoms with Gasteiger partial charge < -0.3 is 9.47 Å². The molecule has 12 heteroatoms. The molecule has 0 saturated carbocycles. The van der Waals surface area contributed by atoms with Crippen LogP contribution in [0.1, 0.15) is 13.8 Å². The lowest BCUT2D eigenvalue weighted by molar-refractivity contribution is -0.182. The van der Waals surface area contributed by atoms with Crippen LogP contribution >= 0.6 is 57.9 Å². The van der Waals surface area contributed by atoms with Crippen molar-refractivity contribution >= 4 is 80.7 Å². The molecule has 0 aliphatic carbocycles. The van der Waals surface area contributed by atoms with Gasteiger partial charge in [-0.2, -0.15) is 0 Å². The van der Waals surface area contributed by atoms with E-state index < -0.39 is 38.6 Å². The Balaban J connectivity index is 1.91. The Morgan fingerprint density at radius 2 is 2.07 bits per heavy atom. The molecule has 0 bridgehead atoms. The smallest absolute Gasteiger partial charge is 0.323 e. The monoisotopic (exact) mass is 498 g/mol. The van der Waals surface area contributed by atoms with Crippen molar-refractivity contribution in [2.75, 3.05) is 18.6 Å². The summed E-state index contributed by atoms with van der Waals surface area (Å²) < 4.78 is 9.02. The first kappa shape index (κ1) is 22.7. The minimum absolute atomic E-state index is 0.357. The van der Waals surface area contributed by atoms with E-state index in [-0.39, 0.29) is 5.91 Å². The third kappa shape index (κ3) is 4.00. The van der Waals surface area contributed by atoms with Gasteiger partial charge in [-0.15, -0.1) is 23.1 Å². The topological polar surface area (TPSA) is 76.2 Å². The fourth-order valence-corrected chi connectivity index (χ4v) is 5.71. The van der Waals surface area contributed by atoms with Crippen molar-refractivity contribution < 1.29 is 23.9 Å². The zero-order valence-corrected chi connectivity index (χ0v) is 19.5. The van der Waals surface area contributed by atoms with E-state index in [4.69, 9.17) is 44.3 Å². The number of hydrogen-bond acceptors (Lipinski definition) is 7. The summed E-state index contributed by atoms with van der Waals surface area (Å²) in [6, 6.07) is 3.50. The van der Waals surface area contributed by atoms with Gasteiger partial charge in [0, 0.05) is 20.2 Å². The molecule has 0 N–H and O–H groups in total. The maximum Gasteiger partial charge on any atom is 0.323 e. The van der Waals surface area contributed by atoms with Crippen molar-refractivity contribution in [1.82, 2.24) is 4.90 Å². The number of anilines is 1. The molecule has 1 saturated heterocycles. The number of esters is 1. The number of halogens is 3. The van der Waals surface area contributed by atoms with E-state index >= 15 is 0 Å². The molecular formula is C17H17Cl3N2O5S2. The third-order valence-electron chi connectivity index (χ3n) is 4.43. The normalized spacial score (nSPS) is 26.3. The minimum Gasteiger partial charge on any atom is -0.460 e. The van der Waals surface area contributed by atoms with Gasteiger partial charge in [0.15, 0.2) is 0 Å². The van der Waals surface area contributed by atoms with Crippen molar-refractivity contribution in [3.63, 3.8) is 0 Å². The average Bonchev–Trinajstić information content (AvgIpc) is 3.16. The molecule has 1 aromatic rings. The number of nitrogens with zero attached hydrogens (tertiary/aromatic N) is 2. The maximum absolute atomic E-state index is 13.1. The molecule has 1 aromatic heterocycles. The first-order valence-corrected chi connectivity index (χ1v) is 11.3. The number of carbonyl (C=O) groups excluding carboxylic acids is 3. The second kappa shape index (κ2) is 8.28. The van der Waals surface area contributed by atoms with Crippen LogP contribution in [0.4, 0.5) is 5.00 Å². The zero-order chi connectivity index (χ0) is 21.6. The van der Waals surface area contributed by atoms with Gasteiger partial charge in [0.1, 0.15) is 22.2 Å². The van der Waals surface area contributed by atoms with Crippen molar-refractivity contribution in [2.24, 2.45) is 0 Å². The molecule has 0 radical (unpaired) electrons. The van der Waals surface area contributed by atoms with Crippen LogP contribution in [0.3, 0.4) is 0 Å². The van der Waals surface area contributed by atoms with Crippen LogP contribution in [0.25, 0.3) is 0 Å². The third-order valence-corrected chi connectivity index (χ3v) is 7.25. The fourth-order valence-electron chi connectivity index (χ4n) is 3.23. The molecule has 2 aliphatic rings. The lowest BCUT2D eigenvalue weighted by Crippen LogP contribution is -2.80. The summed E-state index contributed by atoms with van der Waals surface area (Å²) >= 11 is 19.4. The summed E-state index contributed by atoms with van der Waals surface area (Å²) in [5.74, 6) is -1.36. The van der Waals surface area contributed by atoms with Crippen molar-refractivity contribution in [3.05, 3.63) is 29.3 Å². The van der Waals surface area contributed by atoms with E-state index in [1.54, 1.807) is 30.6 Å². The fraction of sp³-hybridized carbons (Fsp3) is 0.471. The van der Waals surface area contributed by atoms with Gasteiger partial charge in [0.2, 0.25) is 9.70 Å². The van der Waals surface area contributed by atoms with Crippen LogP contribution in [0, 0.1) is 0 Å². The van der Waals surface area contributed by atoms with E-state index in [0.29, 0.717) is 10.6 Å². The van der Waals surface area contributed by atoms with Gasteiger partial charge in [-0.05, 0) is 30.0 Å². The summed E-state index contributed by atoms with van der Waals surface area (Å²) in [5, 5.41) is 0.961. The van der Waals surface area contributed by atoms with Crippen molar-refractivity contribution in [3.8, 4) is 0 Å². The number of β-lactam (4-membered cyclic amide) rings is 1.